The van der Waals surface area contributed by atoms with Gasteiger partial charge in [-0.1, -0.05) is 24.6 Å². The highest BCUT2D eigenvalue weighted by atomic mass is 16.5. The molecule has 1 atom stereocenters. The number of rotatable bonds is 2. The molecule has 1 aromatic rings. The minimum absolute atomic E-state index is 0.0233. The fraction of sp³-hybridized carbons (Fsp3) is 0.667. The average molecular weight is 288 g/mol. The Morgan fingerprint density at radius 2 is 2.00 bits per heavy atom. The lowest BCUT2D eigenvalue weighted by Crippen LogP contribution is -2.56. The predicted octanol–water partition coefficient (Wildman–Crippen LogP) is 2.97. The SMILES string of the molecule is Cc1cc(C)c2c(c1)C(CN)(N1CCC(C)CC1)CCO2. The van der Waals surface area contributed by atoms with Gasteiger partial charge in [0.2, 0.25) is 0 Å². The summed E-state index contributed by atoms with van der Waals surface area (Å²) >= 11 is 0. The van der Waals surface area contributed by atoms with Crippen LogP contribution in [-0.2, 0) is 5.54 Å². The van der Waals surface area contributed by atoms with Crippen molar-refractivity contribution in [3.05, 3.63) is 28.8 Å². The largest absolute Gasteiger partial charge is 0.493 e. The van der Waals surface area contributed by atoms with Crippen LogP contribution in [0, 0.1) is 19.8 Å². The van der Waals surface area contributed by atoms with Gasteiger partial charge in [-0.25, -0.2) is 0 Å². The maximum atomic E-state index is 6.32. The third kappa shape index (κ3) is 2.47. The average Bonchev–Trinajstić information content (AvgIpc) is 2.47. The Morgan fingerprint density at radius 3 is 2.67 bits per heavy atom. The van der Waals surface area contributed by atoms with Gasteiger partial charge in [0.1, 0.15) is 5.75 Å². The van der Waals surface area contributed by atoms with Crippen molar-refractivity contribution in [2.24, 2.45) is 11.7 Å². The second kappa shape index (κ2) is 5.62. The number of ether oxygens (including phenoxy) is 1. The normalized spacial score (nSPS) is 27.2. The summed E-state index contributed by atoms with van der Waals surface area (Å²) in [6, 6.07) is 4.51. The monoisotopic (exact) mass is 288 g/mol. The lowest BCUT2D eigenvalue weighted by molar-refractivity contribution is 0.0225. The molecule has 0 aromatic heterocycles. The molecule has 0 spiro atoms. The van der Waals surface area contributed by atoms with Gasteiger partial charge in [-0.3, -0.25) is 4.90 Å². The van der Waals surface area contributed by atoms with E-state index in [0.717, 1.165) is 37.8 Å². The zero-order chi connectivity index (χ0) is 15.0. The summed E-state index contributed by atoms with van der Waals surface area (Å²) in [6.07, 6.45) is 3.57. The van der Waals surface area contributed by atoms with E-state index < -0.39 is 0 Å². The minimum Gasteiger partial charge on any atom is -0.493 e. The van der Waals surface area contributed by atoms with Gasteiger partial charge >= 0.3 is 0 Å². The van der Waals surface area contributed by atoms with E-state index in [1.54, 1.807) is 0 Å². The molecule has 0 saturated carbocycles. The fourth-order valence-electron chi connectivity index (χ4n) is 4.05. The molecule has 1 unspecified atom stereocenters. The topological polar surface area (TPSA) is 38.5 Å². The number of nitrogens with two attached hydrogens (primary N) is 1. The smallest absolute Gasteiger partial charge is 0.127 e. The molecule has 0 bridgehead atoms. The van der Waals surface area contributed by atoms with Crippen LogP contribution in [0.5, 0.6) is 5.75 Å². The van der Waals surface area contributed by atoms with E-state index in [1.807, 2.05) is 0 Å². The van der Waals surface area contributed by atoms with E-state index in [4.69, 9.17) is 10.5 Å². The number of fused-ring (bicyclic) bond motifs is 1. The Kier molecular flexibility index (Phi) is 3.98. The summed E-state index contributed by atoms with van der Waals surface area (Å²) in [5, 5.41) is 0. The van der Waals surface area contributed by atoms with Crippen LogP contribution < -0.4 is 10.5 Å². The van der Waals surface area contributed by atoms with Crippen molar-refractivity contribution < 1.29 is 4.74 Å². The molecular weight excluding hydrogens is 260 g/mol. The number of hydrogen-bond acceptors (Lipinski definition) is 3. The number of nitrogens with zero attached hydrogens (tertiary/aromatic N) is 1. The third-order valence-electron chi connectivity index (χ3n) is 5.41. The molecule has 0 aliphatic carbocycles. The van der Waals surface area contributed by atoms with Crippen LogP contribution in [0.2, 0.25) is 0 Å². The van der Waals surface area contributed by atoms with E-state index in [2.05, 4.69) is 37.8 Å². The van der Waals surface area contributed by atoms with Gasteiger partial charge in [-0.15, -0.1) is 0 Å². The molecule has 3 rings (SSSR count). The molecule has 2 aliphatic heterocycles. The van der Waals surface area contributed by atoms with Crippen molar-refractivity contribution in [2.75, 3.05) is 26.2 Å². The zero-order valence-corrected chi connectivity index (χ0v) is 13.6. The highest BCUT2D eigenvalue weighted by Gasteiger charge is 2.43. The van der Waals surface area contributed by atoms with Crippen molar-refractivity contribution in [1.29, 1.82) is 0 Å². The number of benzene rings is 1. The van der Waals surface area contributed by atoms with Crippen molar-refractivity contribution in [2.45, 2.75) is 45.6 Å². The fourth-order valence-corrected chi connectivity index (χ4v) is 4.05. The second-order valence-corrected chi connectivity index (χ2v) is 6.96. The minimum atomic E-state index is -0.0233. The molecule has 1 aromatic carbocycles. The van der Waals surface area contributed by atoms with Crippen molar-refractivity contribution >= 4 is 0 Å². The lowest BCUT2D eigenvalue weighted by atomic mass is 9.79. The molecule has 2 heterocycles. The van der Waals surface area contributed by atoms with Gasteiger partial charge in [0.25, 0.3) is 0 Å². The summed E-state index contributed by atoms with van der Waals surface area (Å²) < 4.78 is 6.00. The molecular formula is C18H28N2O. The Labute approximate surface area is 128 Å². The lowest BCUT2D eigenvalue weighted by Gasteiger charge is -2.49. The van der Waals surface area contributed by atoms with Gasteiger partial charge in [-0.2, -0.15) is 0 Å². The van der Waals surface area contributed by atoms with Gasteiger partial charge in [-0.05, 0) is 51.3 Å². The van der Waals surface area contributed by atoms with Gasteiger partial charge in [0, 0.05) is 18.5 Å². The number of hydrogen-bond donors (Lipinski definition) is 1. The summed E-state index contributed by atoms with van der Waals surface area (Å²) in [6.45, 7) is 10.5. The van der Waals surface area contributed by atoms with E-state index in [9.17, 15) is 0 Å². The first kappa shape index (κ1) is 14.9. The molecule has 0 radical (unpaired) electrons. The Morgan fingerprint density at radius 1 is 1.29 bits per heavy atom. The van der Waals surface area contributed by atoms with Gasteiger partial charge < -0.3 is 10.5 Å². The van der Waals surface area contributed by atoms with E-state index >= 15 is 0 Å². The first-order valence-electron chi connectivity index (χ1n) is 8.26. The van der Waals surface area contributed by atoms with Crippen LogP contribution >= 0.6 is 0 Å². The molecule has 1 saturated heterocycles. The molecule has 21 heavy (non-hydrogen) atoms. The second-order valence-electron chi connectivity index (χ2n) is 6.96. The molecule has 3 nitrogen and oxygen atoms in total. The highest BCUT2D eigenvalue weighted by Crippen LogP contribution is 2.44. The Hall–Kier alpha value is -1.06. The summed E-state index contributed by atoms with van der Waals surface area (Å²) in [5.74, 6) is 1.92. The van der Waals surface area contributed by atoms with E-state index in [1.165, 1.54) is 29.5 Å². The third-order valence-corrected chi connectivity index (χ3v) is 5.41. The summed E-state index contributed by atoms with van der Waals surface area (Å²) in [4.78, 5) is 2.63. The first-order chi connectivity index (χ1) is 10.1. The number of likely N-dealkylation sites (tertiary alicyclic amines) is 1. The maximum absolute atomic E-state index is 6.32. The molecule has 3 heteroatoms. The van der Waals surface area contributed by atoms with E-state index in [0.29, 0.717) is 6.54 Å². The van der Waals surface area contributed by atoms with Crippen LogP contribution in [0.1, 0.15) is 42.9 Å². The standard InChI is InChI=1S/C18H28N2O/c1-13-4-7-20(8-5-13)18(12-19)6-9-21-17-15(3)10-14(2)11-16(17)18/h10-11,13H,4-9,12,19H2,1-3H3. The van der Waals surface area contributed by atoms with Crippen LogP contribution in [0.25, 0.3) is 0 Å². The van der Waals surface area contributed by atoms with E-state index in [-0.39, 0.29) is 5.54 Å². The van der Waals surface area contributed by atoms with Crippen molar-refractivity contribution in [1.82, 2.24) is 4.90 Å². The van der Waals surface area contributed by atoms with Crippen LogP contribution in [0.15, 0.2) is 12.1 Å². The zero-order valence-electron chi connectivity index (χ0n) is 13.6. The van der Waals surface area contributed by atoms with Crippen LogP contribution in [-0.4, -0.2) is 31.1 Å². The van der Waals surface area contributed by atoms with Gasteiger partial charge in [0.15, 0.2) is 0 Å². The van der Waals surface area contributed by atoms with Crippen LogP contribution in [0.4, 0.5) is 0 Å². The quantitative estimate of drug-likeness (QED) is 0.909. The Balaban J connectivity index is 2.04. The molecule has 2 aliphatic rings. The maximum Gasteiger partial charge on any atom is 0.127 e. The van der Waals surface area contributed by atoms with Crippen molar-refractivity contribution in [3.8, 4) is 5.75 Å². The first-order valence-corrected chi connectivity index (χ1v) is 8.26. The molecule has 2 N–H and O–H groups in total. The van der Waals surface area contributed by atoms with Crippen molar-refractivity contribution in [3.63, 3.8) is 0 Å². The number of piperidine rings is 1. The highest BCUT2D eigenvalue weighted by molar-refractivity contribution is 5.49. The number of aryl methyl sites for hydroxylation is 2. The summed E-state index contributed by atoms with van der Waals surface area (Å²) in [5.41, 5.74) is 10.2. The van der Waals surface area contributed by atoms with Gasteiger partial charge in [0.05, 0.1) is 12.1 Å². The summed E-state index contributed by atoms with van der Waals surface area (Å²) in [7, 11) is 0. The molecule has 116 valence electrons. The Bertz CT molecular complexity index is 520. The molecule has 0 amide bonds. The van der Waals surface area contributed by atoms with Crippen LogP contribution in [0.3, 0.4) is 0 Å². The predicted molar refractivity (Wildman–Crippen MR) is 86.7 cm³/mol. The molecule has 1 fully saturated rings.